The molecule has 1 fully saturated rings. The van der Waals surface area contributed by atoms with Crippen molar-refractivity contribution in [2.45, 2.75) is 32.6 Å². The zero-order chi connectivity index (χ0) is 12.9. The molecule has 1 aromatic heterocycles. The summed E-state index contributed by atoms with van der Waals surface area (Å²) in [4.78, 5) is 12.2. The van der Waals surface area contributed by atoms with Crippen LogP contribution in [0.5, 0.6) is 0 Å². The predicted molar refractivity (Wildman–Crippen MR) is 75.5 cm³/mol. The second kappa shape index (κ2) is 4.12. The van der Waals surface area contributed by atoms with Gasteiger partial charge in [-0.2, -0.15) is 0 Å². The fraction of sp³-hybridized carbons (Fsp3) is 0.357. The Morgan fingerprint density at radius 2 is 1.83 bits per heavy atom. The molecular weight excluding hydrogens is 292 g/mol. The average molecular weight is 307 g/mol. The molecule has 0 spiro atoms. The van der Waals surface area contributed by atoms with Crippen molar-refractivity contribution in [2.75, 3.05) is 0 Å². The number of halogens is 1. The van der Waals surface area contributed by atoms with Gasteiger partial charge in [-0.05, 0) is 65.9 Å². The van der Waals surface area contributed by atoms with Crippen LogP contribution in [0.1, 0.15) is 35.6 Å². The number of rotatable bonds is 2. The molecule has 18 heavy (non-hydrogen) atoms. The number of nitrogens with zero attached hydrogens (tertiary/aromatic N) is 1. The van der Waals surface area contributed by atoms with Crippen LogP contribution >= 0.6 is 15.9 Å². The highest BCUT2D eigenvalue weighted by Gasteiger charge is 2.29. The largest absolute Gasteiger partial charge is 0.294 e. The Labute approximate surface area is 114 Å². The summed E-state index contributed by atoms with van der Waals surface area (Å²) in [6.45, 7) is 4.09. The van der Waals surface area contributed by atoms with Gasteiger partial charge in [0.15, 0.2) is 0 Å². The molecule has 0 radical (unpaired) electrons. The van der Waals surface area contributed by atoms with Crippen LogP contribution in [-0.4, -0.2) is 9.78 Å². The van der Waals surface area contributed by atoms with E-state index in [1.165, 1.54) is 12.8 Å². The van der Waals surface area contributed by atoms with Crippen LogP contribution < -0.4 is 5.56 Å². The smallest absolute Gasteiger partial charge is 0.285 e. The van der Waals surface area contributed by atoms with E-state index in [4.69, 9.17) is 0 Å². The van der Waals surface area contributed by atoms with Crippen LogP contribution in [0.4, 0.5) is 0 Å². The third kappa shape index (κ3) is 1.94. The Bertz CT molecular complexity index is 645. The molecule has 0 bridgehead atoms. The zero-order valence-electron chi connectivity index (χ0n) is 10.5. The molecule has 0 amide bonds. The van der Waals surface area contributed by atoms with E-state index in [-0.39, 0.29) is 5.56 Å². The lowest BCUT2D eigenvalue weighted by molar-refractivity contribution is 0.814. The first-order chi connectivity index (χ1) is 8.56. The minimum absolute atomic E-state index is 0.00176. The van der Waals surface area contributed by atoms with E-state index in [2.05, 4.69) is 27.1 Å². The molecule has 2 aromatic rings. The van der Waals surface area contributed by atoms with Crippen LogP contribution in [0.2, 0.25) is 0 Å². The number of H-pyrrole nitrogens is 1. The highest BCUT2D eigenvalue weighted by molar-refractivity contribution is 9.10. The summed E-state index contributed by atoms with van der Waals surface area (Å²) >= 11 is 3.41. The molecule has 0 saturated heterocycles. The summed E-state index contributed by atoms with van der Waals surface area (Å²) in [7, 11) is 0. The Balaban J connectivity index is 2.16. The SMILES string of the molecule is Cc1cc(C)cc(-n2[nH]c(C3CC3)c(Br)c2=O)c1. The maximum atomic E-state index is 12.2. The standard InChI is InChI=1S/C14H15BrN2O/c1-8-5-9(2)7-11(6-8)17-14(18)12(15)13(16-17)10-3-4-10/h5-7,10,16H,3-4H2,1-2H3. The molecule has 1 aliphatic rings. The summed E-state index contributed by atoms with van der Waals surface area (Å²) in [5, 5.41) is 3.24. The number of hydrogen-bond donors (Lipinski definition) is 1. The molecule has 0 aliphatic heterocycles. The van der Waals surface area contributed by atoms with Crippen molar-refractivity contribution in [1.29, 1.82) is 0 Å². The van der Waals surface area contributed by atoms with Gasteiger partial charge >= 0.3 is 0 Å². The number of benzene rings is 1. The highest BCUT2D eigenvalue weighted by atomic mass is 79.9. The second-order valence-corrected chi connectivity index (χ2v) is 5.89. The van der Waals surface area contributed by atoms with Gasteiger partial charge in [-0.1, -0.05) is 6.07 Å². The summed E-state index contributed by atoms with van der Waals surface area (Å²) in [6, 6.07) is 6.15. The number of nitrogens with one attached hydrogen (secondary N) is 1. The van der Waals surface area contributed by atoms with Crippen molar-refractivity contribution in [1.82, 2.24) is 9.78 Å². The van der Waals surface area contributed by atoms with Gasteiger partial charge < -0.3 is 0 Å². The fourth-order valence-electron chi connectivity index (χ4n) is 2.34. The molecule has 0 unspecified atom stereocenters. The first-order valence-electron chi connectivity index (χ1n) is 6.15. The van der Waals surface area contributed by atoms with E-state index in [0.717, 1.165) is 22.5 Å². The van der Waals surface area contributed by atoms with Crippen molar-refractivity contribution in [3.8, 4) is 5.69 Å². The molecule has 4 heteroatoms. The Hall–Kier alpha value is -1.29. The second-order valence-electron chi connectivity index (χ2n) is 5.10. The average Bonchev–Trinajstić information content (AvgIpc) is 3.07. The van der Waals surface area contributed by atoms with Gasteiger partial charge in [0.1, 0.15) is 4.47 Å². The molecule has 1 saturated carbocycles. The first-order valence-corrected chi connectivity index (χ1v) is 6.94. The predicted octanol–water partition coefficient (Wildman–Crippen LogP) is 3.42. The summed E-state index contributed by atoms with van der Waals surface area (Å²) in [5.41, 5.74) is 4.28. The monoisotopic (exact) mass is 306 g/mol. The fourth-order valence-corrected chi connectivity index (χ4v) is 2.93. The maximum Gasteiger partial charge on any atom is 0.285 e. The first kappa shape index (κ1) is 11.8. The lowest BCUT2D eigenvalue weighted by Crippen LogP contribution is -2.14. The van der Waals surface area contributed by atoms with Gasteiger partial charge in [0, 0.05) is 5.92 Å². The normalized spacial score (nSPS) is 15.1. The van der Waals surface area contributed by atoms with Crippen molar-refractivity contribution in [2.24, 2.45) is 0 Å². The van der Waals surface area contributed by atoms with Crippen LogP contribution in [0.3, 0.4) is 0 Å². The van der Waals surface area contributed by atoms with Crippen LogP contribution in [-0.2, 0) is 0 Å². The van der Waals surface area contributed by atoms with E-state index in [0.29, 0.717) is 10.4 Å². The Morgan fingerprint density at radius 3 is 2.39 bits per heavy atom. The van der Waals surface area contributed by atoms with Gasteiger partial charge in [0.05, 0.1) is 11.4 Å². The minimum atomic E-state index is 0.00176. The number of aromatic amines is 1. The van der Waals surface area contributed by atoms with Crippen molar-refractivity contribution < 1.29 is 0 Å². The third-order valence-corrected chi connectivity index (χ3v) is 4.08. The molecule has 3 nitrogen and oxygen atoms in total. The highest BCUT2D eigenvalue weighted by Crippen LogP contribution is 2.41. The minimum Gasteiger partial charge on any atom is -0.294 e. The lowest BCUT2D eigenvalue weighted by atomic mass is 10.1. The number of aromatic nitrogens is 2. The van der Waals surface area contributed by atoms with Crippen molar-refractivity contribution in [3.05, 3.63) is 49.8 Å². The van der Waals surface area contributed by atoms with Gasteiger partial charge in [0.2, 0.25) is 0 Å². The van der Waals surface area contributed by atoms with Crippen LogP contribution in [0.25, 0.3) is 5.69 Å². The van der Waals surface area contributed by atoms with E-state index in [1.54, 1.807) is 4.68 Å². The molecule has 3 rings (SSSR count). The van der Waals surface area contributed by atoms with Crippen molar-refractivity contribution in [3.63, 3.8) is 0 Å². The summed E-state index contributed by atoms with van der Waals surface area (Å²) < 4.78 is 2.32. The summed E-state index contributed by atoms with van der Waals surface area (Å²) in [6.07, 6.45) is 2.34. The van der Waals surface area contributed by atoms with Crippen LogP contribution in [0, 0.1) is 13.8 Å². The third-order valence-electron chi connectivity index (χ3n) is 3.31. The van der Waals surface area contributed by atoms with Crippen molar-refractivity contribution >= 4 is 15.9 Å². The quantitative estimate of drug-likeness (QED) is 0.907. The Morgan fingerprint density at radius 1 is 1.22 bits per heavy atom. The lowest BCUT2D eigenvalue weighted by Gasteiger charge is -2.05. The molecule has 94 valence electrons. The van der Waals surface area contributed by atoms with Crippen LogP contribution in [0.15, 0.2) is 27.5 Å². The molecule has 1 aromatic carbocycles. The van der Waals surface area contributed by atoms with E-state index in [9.17, 15) is 4.79 Å². The number of aryl methyl sites for hydroxylation is 2. The maximum absolute atomic E-state index is 12.2. The van der Waals surface area contributed by atoms with Gasteiger partial charge in [-0.3, -0.25) is 9.89 Å². The summed E-state index contributed by atoms with van der Waals surface area (Å²) in [5.74, 6) is 0.527. The zero-order valence-corrected chi connectivity index (χ0v) is 12.0. The molecule has 1 heterocycles. The van der Waals surface area contributed by atoms with E-state index < -0.39 is 0 Å². The van der Waals surface area contributed by atoms with Gasteiger partial charge in [-0.25, -0.2) is 4.68 Å². The van der Waals surface area contributed by atoms with Gasteiger partial charge in [-0.15, -0.1) is 0 Å². The topological polar surface area (TPSA) is 37.8 Å². The van der Waals surface area contributed by atoms with E-state index in [1.807, 2.05) is 26.0 Å². The molecular formula is C14H15BrN2O. The Kier molecular flexibility index (Phi) is 2.70. The molecule has 1 aliphatic carbocycles. The van der Waals surface area contributed by atoms with E-state index >= 15 is 0 Å². The molecule has 1 N–H and O–H groups in total. The molecule has 0 atom stereocenters. The number of hydrogen-bond acceptors (Lipinski definition) is 1. The van der Waals surface area contributed by atoms with Gasteiger partial charge in [0.25, 0.3) is 5.56 Å².